The molecule has 0 aliphatic heterocycles. The van der Waals surface area contributed by atoms with Gasteiger partial charge in [-0.1, -0.05) is 19.9 Å². The minimum Gasteiger partial charge on any atom is -0.399 e. The third-order valence-electron chi connectivity index (χ3n) is 2.71. The van der Waals surface area contributed by atoms with Crippen molar-refractivity contribution in [2.75, 3.05) is 23.8 Å². The van der Waals surface area contributed by atoms with Gasteiger partial charge in [0.05, 0.1) is 4.90 Å². The van der Waals surface area contributed by atoms with Crippen molar-refractivity contribution in [3.63, 3.8) is 0 Å². The van der Waals surface area contributed by atoms with Crippen molar-refractivity contribution in [3.8, 4) is 0 Å². The van der Waals surface area contributed by atoms with Gasteiger partial charge >= 0.3 is 0 Å². The molecular formula is C12H20N2O3S2. The van der Waals surface area contributed by atoms with Crippen LogP contribution in [0.1, 0.15) is 19.4 Å². The molecule has 7 heteroatoms. The lowest BCUT2D eigenvalue weighted by molar-refractivity contribution is 0.583. The first-order valence-electron chi connectivity index (χ1n) is 6.13. The van der Waals surface area contributed by atoms with Crippen LogP contribution < -0.4 is 10.5 Å². The van der Waals surface area contributed by atoms with E-state index in [1.807, 2.05) is 6.92 Å². The lowest BCUT2D eigenvalue weighted by atomic mass is 10.1. The van der Waals surface area contributed by atoms with Gasteiger partial charge < -0.3 is 5.73 Å². The first-order chi connectivity index (χ1) is 8.90. The summed E-state index contributed by atoms with van der Waals surface area (Å²) in [6, 6.07) is 4.86. The number of sulfonamides is 1. The Morgan fingerprint density at radius 1 is 1.32 bits per heavy atom. The third kappa shape index (κ3) is 4.59. The number of aryl methyl sites for hydroxylation is 1. The van der Waals surface area contributed by atoms with Crippen LogP contribution in [0.3, 0.4) is 0 Å². The summed E-state index contributed by atoms with van der Waals surface area (Å²) in [7, 11) is -4.58. The van der Waals surface area contributed by atoms with Gasteiger partial charge in [-0.15, -0.1) is 0 Å². The number of hydrogen-bond donors (Lipinski definition) is 2. The largest absolute Gasteiger partial charge is 0.399 e. The maximum absolute atomic E-state index is 12.2. The molecule has 0 aliphatic carbocycles. The van der Waals surface area contributed by atoms with Crippen molar-refractivity contribution < 1.29 is 12.6 Å². The zero-order valence-electron chi connectivity index (χ0n) is 11.2. The summed E-state index contributed by atoms with van der Waals surface area (Å²) >= 11 is 0. The number of nitrogens with two attached hydrogens (primary N) is 1. The Labute approximate surface area is 117 Å². The van der Waals surface area contributed by atoms with Crippen molar-refractivity contribution in [3.05, 3.63) is 23.8 Å². The number of anilines is 1. The second kappa shape index (κ2) is 7.02. The Bertz CT molecular complexity index is 556. The number of nitrogen functional groups attached to an aromatic ring is 1. The van der Waals surface area contributed by atoms with Crippen LogP contribution in [0.4, 0.5) is 5.69 Å². The smallest absolute Gasteiger partial charge is 0.240 e. The Kier molecular flexibility index (Phi) is 5.96. The number of rotatable bonds is 7. The highest BCUT2D eigenvalue weighted by Gasteiger charge is 2.17. The minimum absolute atomic E-state index is 0.167. The van der Waals surface area contributed by atoms with Gasteiger partial charge in [0.2, 0.25) is 10.0 Å². The molecule has 1 atom stereocenters. The third-order valence-corrected chi connectivity index (χ3v) is 5.55. The molecule has 1 aromatic rings. The number of hydrogen-bond acceptors (Lipinski definition) is 4. The normalized spacial score (nSPS) is 13.4. The molecule has 0 aliphatic rings. The molecule has 0 saturated carbocycles. The van der Waals surface area contributed by atoms with Gasteiger partial charge in [-0.2, -0.15) is 0 Å². The lowest BCUT2D eigenvalue weighted by Crippen LogP contribution is -2.29. The summed E-state index contributed by atoms with van der Waals surface area (Å²) in [5.41, 5.74) is 6.77. The van der Waals surface area contributed by atoms with Gasteiger partial charge in [0.1, 0.15) is 0 Å². The zero-order chi connectivity index (χ0) is 14.5. The molecule has 108 valence electrons. The highest BCUT2D eigenvalue weighted by molar-refractivity contribution is 7.89. The molecule has 3 N–H and O–H groups in total. The molecule has 0 amide bonds. The van der Waals surface area contributed by atoms with E-state index < -0.39 is 20.8 Å². The topological polar surface area (TPSA) is 89.3 Å². The fourth-order valence-electron chi connectivity index (χ4n) is 1.63. The SMILES string of the molecule is CCc1ccc(N)cc1S(=O)(=O)NCCS(=O)CC. The predicted molar refractivity (Wildman–Crippen MR) is 79.0 cm³/mol. The highest BCUT2D eigenvalue weighted by Crippen LogP contribution is 2.19. The summed E-state index contributed by atoms with van der Waals surface area (Å²) in [5, 5.41) is 0. The maximum Gasteiger partial charge on any atom is 0.240 e. The highest BCUT2D eigenvalue weighted by atomic mass is 32.2. The van der Waals surface area contributed by atoms with Crippen molar-refractivity contribution in [2.24, 2.45) is 0 Å². The monoisotopic (exact) mass is 304 g/mol. The molecule has 1 unspecified atom stereocenters. The fourth-order valence-corrected chi connectivity index (χ4v) is 3.75. The first-order valence-corrected chi connectivity index (χ1v) is 9.10. The second-order valence-electron chi connectivity index (χ2n) is 4.05. The van der Waals surface area contributed by atoms with E-state index in [0.717, 1.165) is 5.56 Å². The van der Waals surface area contributed by atoms with Crippen LogP contribution in [0.5, 0.6) is 0 Å². The van der Waals surface area contributed by atoms with E-state index in [1.54, 1.807) is 19.1 Å². The fraction of sp³-hybridized carbons (Fsp3) is 0.500. The molecule has 0 fully saturated rings. The number of nitrogens with one attached hydrogen (secondary N) is 1. The molecule has 0 saturated heterocycles. The van der Waals surface area contributed by atoms with E-state index >= 15 is 0 Å². The molecule has 1 aromatic carbocycles. The molecule has 1 rings (SSSR count). The van der Waals surface area contributed by atoms with Gasteiger partial charge in [0, 0.05) is 34.5 Å². The van der Waals surface area contributed by atoms with Crippen LogP contribution >= 0.6 is 0 Å². The Hall–Kier alpha value is -0.920. The van der Waals surface area contributed by atoms with Gasteiger partial charge in [-0.25, -0.2) is 13.1 Å². The Morgan fingerprint density at radius 2 is 2.00 bits per heavy atom. The van der Waals surface area contributed by atoms with Crippen LogP contribution in [-0.4, -0.2) is 30.7 Å². The van der Waals surface area contributed by atoms with Crippen molar-refractivity contribution in [1.29, 1.82) is 0 Å². The first kappa shape index (κ1) is 16.1. The van der Waals surface area contributed by atoms with Crippen LogP contribution in [0.2, 0.25) is 0 Å². The molecule has 0 aromatic heterocycles. The number of benzene rings is 1. The van der Waals surface area contributed by atoms with E-state index in [0.29, 0.717) is 23.6 Å². The summed E-state index contributed by atoms with van der Waals surface area (Å²) in [5.74, 6) is 0.847. The van der Waals surface area contributed by atoms with Crippen LogP contribution in [-0.2, 0) is 27.2 Å². The zero-order valence-corrected chi connectivity index (χ0v) is 12.8. The Morgan fingerprint density at radius 3 is 2.58 bits per heavy atom. The molecule has 5 nitrogen and oxygen atoms in total. The molecule has 0 heterocycles. The summed E-state index contributed by atoms with van der Waals surface area (Å²) in [4.78, 5) is 0.206. The quantitative estimate of drug-likeness (QED) is 0.732. The average Bonchev–Trinajstić information content (AvgIpc) is 2.38. The molecular weight excluding hydrogens is 284 g/mol. The van der Waals surface area contributed by atoms with E-state index in [2.05, 4.69) is 4.72 Å². The molecule has 0 spiro atoms. The second-order valence-corrected chi connectivity index (χ2v) is 7.65. The van der Waals surface area contributed by atoms with E-state index in [-0.39, 0.29) is 11.4 Å². The maximum atomic E-state index is 12.2. The lowest BCUT2D eigenvalue weighted by Gasteiger charge is -2.11. The van der Waals surface area contributed by atoms with Crippen LogP contribution in [0.25, 0.3) is 0 Å². The molecule has 0 radical (unpaired) electrons. The standard InChI is InChI=1S/C12H20N2O3S2/c1-3-10-5-6-11(13)9-12(10)19(16,17)14-7-8-18(15)4-2/h5-6,9,14H,3-4,7-8,13H2,1-2H3. The van der Waals surface area contributed by atoms with E-state index in [1.165, 1.54) is 6.07 Å². The van der Waals surface area contributed by atoms with Crippen molar-refractivity contribution in [2.45, 2.75) is 25.2 Å². The van der Waals surface area contributed by atoms with Gasteiger partial charge in [0.25, 0.3) is 0 Å². The van der Waals surface area contributed by atoms with Gasteiger partial charge in [-0.3, -0.25) is 4.21 Å². The van der Waals surface area contributed by atoms with Crippen molar-refractivity contribution in [1.82, 2.24) is 4.72 Å². The Balaban J connectivity index is 2.88. The molecule has 0 bridgehead atoms. The summed E-state index contributed by atoms with van der Waals surface area (Å²) < 4.78 is 38.1. The summed E-state index contributed by atoms with van der Waals surface area (Å²) in [6.45, 7) is 3.86. The summed E-state index contributed by atoms with van der Waals surface area (Å²) in [6.07, 6.45) is 0.609. The van der Waals surface area contributed by atoms with Crippen molar-refractivity contribution >= 4 is 26.5 Å². The predicted octanol–water partition coefficient (Wildman–Crippen LogP) is 0.878. The minimum atomic E-state index is -3.59. The van der Waals surface area contributed by atoms with Gasteiger partial charge in [0.15, 0.2) is 0 Å². The van der Waals surface area contributed by atoms with E-state index in [9.17, 15) is 12.6 Å². The average molecular weight is 304 g/mol. The van der Waals surface area contributed by atoms with Gasteiger partial charge in [-0.05, 0) is 24.1 Å². The molecule has 19 heavy (non-hydrogen) atoms. The van der Waals surface area contributed by atoms with Crippen LogP contribution in [0.15, 0.2) is 23.1 Å². The van der Waals surface area contributed by atoms with E-state index in [4.69, 9.17) is 5.73 Å². The van der Waals surface area contributed by atoms with Crippen LogP contribution in [0, 0.1) is 0 Å².